The van der Waals surface area contributed by atoms with Crippen LogP contribution in [0.5, 0.6) is 0 Å². The summed E-state index contributed by atoms with van der Waals surface area (Å²) in [6, 6.07) is 0.726. The normalized spacial score (nSPS) is 13.9. The van der Waals surface area contributed by atoms with Crippen LogP contribution in [0.15, 0.2) is 6.07 Å². The summed E-state index contributed by atoms with van der Waals surface area (Å²) in [4.78, 5) is 7.42. The van der Waals surface area contributed by atoms with Crippen molar-refractivity contribution in [2.45, 2.75) is 38.9 Å². The maximum Gasteiger partial charge on any atom is 0.433 e. The third-order valence-electron chi connectivity index (χ3n) is 2.16. The van der Waals surface area contributed by atoms with E-state index in [1.165, 1.54) is 6.92 Å². The first-order valence-electron chi connectivity index (χ1n) is 5.00. The van der Waals surface area contributed by atoms with Gasteiger partial charge in [0.2, 0.25) is 0 Å². The molecule has 0 aliphatic carbocycles. The standard InChI is InChI=1S/C10H14F3N3/c1-3-7(14)5-9-15-6(2)4-8(16-9)10(11,12)13/h4,7H,3,5,14H2,1-2H3. The predicted molar refractivity (Wildman–Crippen MR) is 53.7 cm³/mol. The molecule has 6 heteroatoms. The van der Waals surface area contributed by atoms with Crippen molar-refractivity contribution in [2.75, 3.05) is 0 Å². The lowest BCUT2D eigenvalue weighted by Crippen LogP contribution is -2.23. The van der Waals surface area contributed by atoms with E-state index in [9.17, 15) is 13.2 Å². The fourth-order valence-electron chi connectivity index (χ4n) is 1.25. The molecule has 0 bridgehead atoms. The minimum Gasteiger partial charge on any atom is -0.327 e. The molecule has 0 aromatic carbocycles. The van der Waals surface area contributed by atoms with Crippen molar-refractivity contribution in [3.8, 4) is 0 Å². The van der Waals surface area contributed by atoms with Crippen LogP contribution in [0.25, 0.3) is 0 Å². The van der Waals surface area contributed by atoms with E-state index in [0.717, 1.165) is 6.07 Å². The highest BCUT2D eigenvalue weighted by Crippen LogP contribution is 2.27. The summed E-state index contributed by atoms with van der Waals surface area (Å²) in [5.41, 5.74) is 5.05. The Kier molecular flexibility index (Phi) is 3.85. The fraction of sp³-hybridized carbons (Fsp3) is 0.600. The second-order valence-corrected chi connectivity index (χ2v) is 3.68. The van der Waals surface area contributed by atoms with Gasteiger partial charge in [-0.1, -0.05) is 6.92 Å². The van der Waals surface area contributed by atoms with E-state index in [1.54, 1.807) is 0 Å². The van der Waals surface area contributed by atoms with Crippen LogP contribution < -0.4 is 5.73 Å². The van der Waals surface area contributed by atoms with Crippen molar-refractivity contribution in [3.63, 3.8) is 0 Å². The highest BCUT2D eigenvalue weighted by Gasteiger charge is 2.33. The molecule has 0 saturated heterocycles. The van der Waals surface area contributed by atoms with Crippen LogP contribution in [-0.2, 0) is 12.6 Å². The van der Waals surface area contributed by atoms with E-state index in [0.29, 0.717) is 12.1 Å². The molecule has 0 aliphatic heterocycles. The monoisotopic (exact) mass is 233 g/mol. The molecule has 1 aromatic heterocycles. The van der Waals surface area contributed by atoms with Crippen molar-refractivity contribution < 1.29 is 13.2 Å². The first-order chi connectivity index (χ1) is 7.32. The van der Waals surface area contributed by atoms with Gasteiger partial charge in [-0.05, 0) is 19.4 Å². The summed E-state index contributed by atoms with van der Waals surface area (Å²) < 4.78 is 37.3. The van der Waals surface area contributed by atoms with Crippen molar-refractivity contribution in [3.05, 3.63) is 23.3 Å². The first kappa shape index (κ1) is 12.9. The Bertz CT molecular complexity index is 363. The average molecular weight is 233 g/mol. The second kappa shape index (κ2) is 4.78. The highest BCUT2D eigenvalue weighted by atomic mass is 19.4. The van der Waals surface area contributed by atoms with E-state index in [4.69, 9.17) is 5.73 Å². The van der Waals surface area contributed by atoms with E-state index in [2.05, 4.69) is 9.97 Å². The minimum absolute atomic E-state index is 0.154. The third kappa shape index (κ3) is 3.44. The number of halogens is 3. The molecule has 90 valence electrons. The molecule has 1 aromatic rings. The third-order valence-corrected chi connectivity index (χ3v) is 2.16. The number of nitrogens with two attached hydrogens (primary N) is 1. The summed E-state index contributed by atoms with van der Waals surface area (Å²) in [7, 11) is 0. The lowest BCUT2D eigenvalue weighted by molar-refractivity contribution is -0.141. The summed E-state index contributed by atoms with van der Waals surface area (Å²) in [6.45, 7) is 3.38. The molecule has 1 unspecified atom stereocenters. The topological polar surface area (TPSA) is 51.8 Å². The van der Waals surface area contributed by atoms with Crippen molar-refractivity contribution in [2.24, 2.45) is 5.73 Å². The zero-order chi connectivity index (χ0) is 12.3. The smallest absolute Gasteiger partial charge is 0.327 e. The van der Waals surface area contributed by atoms with Crippen LogP contribution in [0.4, 0.5) is 13.2 Å². The lowest BCUT2D eigenvalue weighted by atomic mass is 10.1. The fourth-order valence-corrected chi connectivity index (χ4v) is 1.25. The minimum atomic E-state index is -4.43. The van der Waals surface area contributed by atoms with Gasteiger partial charge in [0.25, 0.3) is 0 Å². The molecule has 0 radical (unpaired) electrons. The Labute approximate surface area is 91.9 Å². The van der Waals surface area contributed by atoms with E-state index in [-0.39, 0.29) is 18.3 Å². The molecule has 3 nitrogen and oxygen atoms in total. The summed E-state index contributed by atoms with van der Waals surface area (Å²) >= 11 is 0. The molecular weight excluding hydrogens is 219 g/mol. The Morgan fingerprint density at radius 3 is 2.50 bits per heavy atom. The van der Waals surface area contributed by atoms with Gasteiger partial charge in [0.15, 0.2) is 0 Å². The zero-order valence-corrected chi connectivity index (χ0v) is 9.17. The summed E-state index contributed by atoms with van der Waals surface area (Å²) in [5.74, 6) is 0.154. The van der Waals surface area contributed by atoms with Crippen LogP contribution in [0, 0.1) is 6.92 Å². The number of nitrogens with zero attached hydrogens (tertiary/aromatic N) is 2. The molecule has 0 aliphatic rings. The van der Waals surface area contributed by atoms with Crippen molar-refractivity contribution in [1.29, 1.82) is 0 Å². The molecule has 1 heterocycles. The number of aromatic nitrogens is 2. The molecule has 0 amide bonds. The molecule has 1 atom stereocenters. The van der Waals surface area contributed by atoms with Crippen molar-refractivity contribution in [1.82, 2.24) is 9.97 Å². The number of hydrogen-bond donors (Lipinski definition) is 1. The van der Waals surface area contributed by atoms with E-state index < -0.39 is 11.9 Å². The number of rotatable bonds is 3. The molecular formula is C10H14F3N3. The van der Waals surface area contributed by atoms with Gasteiger partial charge >= 0.3 is 6.18 Å². The van der Waals surface area contributed by atoms with Gasteiger partial charge in [0.05, 0.1) is 0 Å². The second-order valence-electron chi connectivity index (χ2n) is 3.68. The lowest BCUT2D eigenvalue weighted by Gasteiger charge is -2.11. The van der Waals surface area contributed by atoms with Crippen LogP contribution in [0.1, 0.15) is 30.6 Å². The Balaban J connectivity index is 2.99. The molecule has 0 spiro atoms. The van der Waals surface area contributed by atoms with Gasteiger partial charge in [-0.2, -0.15) is 13.2 Å². The molecule has 2 N–H and O–H groups in total. The zero-order valence-electron chi connectivity index (χ0n) is 9.17. The average Bonchev–Trinajstić information content (AvgIpc) is 2.15. The van der Waals surface area contributed by atoms with Crippen LogP contribution in [0.2, 0.25) is 0 Å². The largest absolute Gasteiger partial charge is 0.433 e. The van der Waals surface area contributed by atoms with Crippen LogP contribution in [-0.4, -0.2) is 16.0 Å². The Morgan fingerprint density at radius 1 is 1.38 bits per heavy atom. The van der Waals surface area contributed by atoms with Crippen molar-refractivity contribution >= 4 is 0 Å². The van der Waals surface area contributed by atoms with Crippen LogP contribution >= 0.6 is 0 Å². The summed E-state index contributed by atoms with van der Waals surface area (Å²) in [6.07, 6.45) is -3.49. The summed E-state index contributed by atoms with van der Waals surface area (Å²) in [5, 5.41) is 0. The quantitative estimate of drug-likeness (QED) is 0.869. The van der Waals surface area contributed by atoms with Gasteiger partial charge < -0.3 is 5.73 Å². The van der Waals surface area contributed by atoms with E-state index >= 15 is 0 Å². The van der Waals surface area contributed by atoms with Gasteiger partial charge in [0, 0.05) is 18.2 Å². The molecule has 0 fully saturated rings. The predicted octanol–water partition coefficient (Wildman–Crippen LogP) is 2.08. The SMILES string of the molecule is CCC(N)Cc1nc(C)cc(C(F)(F)F)n1. The van der Waals surface area contributed by atoms with Crippen LogP contribution in [0.3, 0.4) is 0 Å². The molecule has 16 heavy (non-hydrogen) atoms. The molecule has 0 saturated carbocycles. The Hall–Kier alpha value is -1.17. The number of aryl methyl sites for hydroxylation is 1. The highest BCUT2D eigenvalue weighted by molar-refractivity contribution is 5.13. The number of hydrogen-bond acceptors (Lipinski definition) is 3. The maximum absolute atomic E-state index is 12.4. The van der Waals surface area contributed by atoms with Gasteiger partial charge in [-0.15, -0.1) is 0 Å². The number of alkyl halides is 3. The van der Waals surface area contributed by atoms with E-state index in [1.807, 2.05) is 6.92 Å². The van der Waals surface area contributed by atoms with Gasteiger partial charge in [-0.25, -0.2) is 9.97 Å². The molecule has 1 rings (SSSR count). The Morgan fingerprint density at radius 2 is 2.00 bits per heavy atom. The van der Waals surface area contributed by atoms with Gasteiger partial charge in [0.1, 0.15) is 11.5 Å². The maximum atomic E-state index is 12.4. The first-order valence-corrected chi connectivity index (χ1v) is 5.00. The van der Waals surface area contributed by atoms with Gasteiger partial charge in [-0.3, -0.25) is 0 Å².